The molecule has 0 aromatic heterocycles. The topological polar surface area (TPSA) is 72.6 Å². The molecule has 1 aromatic rings. The van der Waals surface area contributed by atoms with Gasteiger partial charge in [-0.2, -0.15) is 0 Å². The summed E-state index contributed by atoms with van der Waals surface area (Å²) in [6, 6.07) is 6.78. The zero-order chi connectivity index (χ0) is 10.6. The molecule has 0 aliphatic carbocycles. The van der Waals surface area contributed by atoms with Crippen LogP contribution in [0.2, 0.25) is 0 Å². The lowest BCUT2D eigenvalue weighted by Gasteiger charge is -2.12. The summed E-state index contributed by atoms with van der Waals surface area (Å²) in [5, 5.41) is 9.45. The molecule has 0 saturated heterocycles. The Morgan fingerprint density at radius 1 is 1.57 bits per heavy atom. The van der Waals surface area contributed by atoms with Gasteiger partial charge in [0.05, 0.1) is 6.61 Å². The van der Waals surface area contributed by atoms with Crippen LogP contribution in [0.15, 0.2) is 24.3 Å². The van der Waals surface area contributed by atoms with Crippen LogP contribution in [0.5, 0.6) is 5.75 Å². The molecule has 4 heteroatoms. The Balaban J connectivity index is 3.00. The molecule has 0 aliphatic rings. The molecule has 0 fully saturated rings. The van der Waals surface area contributed by atoms with Crippen LogP contribution in [0.25, 0.3) is 0 Å². The average Bonchev–Trinajstić information content (AvgIpc) is 2.18. The molecule has 0 radical (unpaired) electrons. The van der Waals surface area contributed by atoms with E-state index in [2.05, 4.69) is 0 Å². The van der Waals surface area contributed by atoms with Gasteiger partial charge in [-0.3, -0.25) is 4.79 Å². The zero-order valence-corrected chi connectivity index (χ0v) is 7.93. The van der Waals surface area contributed by atoms with E-state index in [-0.39, 0.29) is 0 Å². The average molecular weight is 195 g/mol. The molecule has 1 rings (SSSR count). The first kappa shape index (κ1) is 10.5. The lowest BCUT2D eigenvalue weighted by Crippen LogP contribution is -2.21. The fourth-order valence-corrected chi connectivity index (χ4v) is 1.15. The Kier molecular flexibility index (Phi) is 3.48. The van der Waals surface area contributed by atoms with Crippen LogP contribution in [0.4, 0.5) is 0 Å². The third-order valence-electron chi connectivity index (χ3n) is 1.78. The predicted molar refractivity (Wildman–Crippen MR) is 51.8 cm³/mol. The minimum atomic E-state index is -1.31. The Morgan fingerprint density at radius 2 is 2.21 bits per heavy atom. The highest BCUT2D eigenvalue weighted by Crippen LogP contribution is 2.24. The second-order valence-electron chi connectivity index (χ2n) is 2.78. The van der Waals surface area contributed by atoms with Crippen LogP contribution < -0.4 is 10.5 Å². The van der Waals surface area contributed by atoms with E-state index in [0.29, 0.717) is 17.9 Å². The molecule has 3 N–H and O–H groups in total. The van der Waals surface area contributed by atoms with Gasteiger partial charge in [0.15, 0.2) is 6.10 Å². The van der Waals surface area contributed by atoms with Crippen molar-refractivity contribution in [1.29, 1.82) is 0 Å². The van der Waals surface area contributed by atoms with Gasteiger partial charge in [0.2, 0.25) is 0 Å². The van der Waals surface area contributed by atoms with Crippen molar-refractivity contribution in [3.05, 3.63) is 29.8 Å². The highest BCUT2D eigenvalue weighted by Gasteiger charge is 2.17. The van der Waals surface area contributed by atoms with Crippen molar-refractivity contribution < 1.29 is 14.6 Å². The lowest BCUT2D eigenvalue weighted by atomic mass is 10.1. The number of carbonyl (C=O) groups is 1. The molecule has 1 amide bonds. The summed E-state index contributed by atoms with van der Waals surface area (Å²) in [6.45, 7) is 2.30. The van der Waals surface area contributed by atoms with Crippen LogP contribution in [0.1, 0.15) is 18.6 Å². The number of hydrogen-bond acceptors (Lipinski definition) is 3. The molecular weight excluding hydrogens is 182 g/mol. The number of nitrogens with two attached hydrogens (primary N) is 1. The minimum absolute atomic E-state index is 0.404. The largest absolute Gasteiger partial charge is 0.493 e. The van der Waals surface area contributed by atoms with E-state index in [1.165, 1.54) is 0 Å². The molecule has 0 saturated carbocycles. The molecule has 0 spiro atoms. The van der Waals surface area contributed by atoms with Gasteiger partial charge >= 0.3 is 0 Å². The van der Waals surface area contributed by atoms with Gasteiger partial charge in [-0.05, 0) is 13.0 Å². The Bertz CT molecular complexity index is 325. The van der Waals surface area contributed by atoms with Crippen molar-refractivity contribution in [1.82, 2.24) is 0 Å². The van der Waals surface area contributed by atoms with Gasteiger partial charge in [0.25, 0.3) is 5.91 Å². The molecule has 0 unspecified atom stereocenters. The lowest BCUT2D eigenvalue weighted by molar-refractivity contribution is -0.126. The Labute approximate surface area is 82.3 Å². The standard InChI is InChI=1S/C10H13NO3/c1-2-14-8-6-4-3-5-7(8)9(12)10(11)13/h3-6,9,12H,2H2,1H3,(H2,11,13)/t9-/m1/s1. The molecular formula is C10H13NO3. The number of aliphatic hydroxyl groups excluding tert-OH is 1. The number of ether oxygens (including phenoxy) is 1. The van der Waals surface area contributed by atoms with Crippen molar-refractivity contribution >= 4 is 5.91 Å². The highest BCUT2D eigenvalue weighted by molar-refractivity contribution is 5.80. The SMILES string of the molecule is CCOc1ccccc1[C@@H](O)C(N)=O. The number of para-hydroxylation sites is 1. The first-order valence-electron chi connectivity index (χ1n) is 4.36. The van der Waals surface area contributed by atoms with Crippen molar-refractivity contribution in [2.75, 3.05) is 6.61 Å². The normalized spacial score (nSPS) is 12.1. The number of hydrogen-bond donors (Lipinski definition) is 2. The van der Waals surface area contributed by atoms with E-state index in [1.54, 1.807) is 24.3 Å². The van der Waals surface area contributed by atoms with Crippen LogP contribution in [-0.2, 0) is 4.79 Å². The van der Waals surface area contributed by atoms with Crippen LogP contribution >= 0.6 is 0 Å². The minimum Gasteiger partial charge on any atom is -0.493 e. The summed E-state index contributed by atoms with van der Waals surface area (Å²) >= 11 is 0. The monoisotopic (exact) mass is 195 g/mol. The van der Waals surface area contributed by atoms with Gasteiger partial charge in [-0.15, -0.1) is 0 Å². The first-order chi connectivity index (χ1) is 6.66. The second-order valence-corrected chi connectivity index (χ2v) is 2.78. The molecule has 0 bridgehead atoms. The van der Waals surface area contributed by atoms with E-state index in [9.17, 15) is 9.90 Å². The van der Waals surface area contributed by atoms with Gasteiger partial charge in [0.1, 0.15) is 5.75 Å². The maximum absolute atomic E-state index is 10.8. The van der Waals surface area contributed by atoms with Gasteiger partial charge in [-0.25, -0.2) is 0 Å². The van der Waals surface area contributed by atoms with E-state index in [0.717, 1.165) is 0 Å². The zero-order valence-electron chi connectivity index (χ0n) is 7.93. The Morgan fingerprint density at radius 3 is 2.79 bits per heavy atom. The molecule has 1 atom stereocenters. The Hall–Kier alpha value is -1.55. The summed E-state index contributed by atoms with van der Waals surface area (Å²) in [6.07, 6.45) is -1.31. The summed E-state index contributed by atoms with van der Waals surface area (Å²) in [7, 11) is 0. The maximum Gasteiger partial charge on any atom is 0.251 e. The maximum atomic E-state index is 10.8. The van der Waals surface area contributed by atoms with Crippen molar-refractivity contribution in [2.24, 2.45) is 5.73 Å². The third-order valence-corrected chi connectivity index (χ3v) is 1.78. The van der Waals surface area contributed by atoms with Gasteiger partial charge < -0.3 is 15.6 Å². The van der Waals surface area contributed by atoms with Gasteiger partial charge in [0, 0.05) is 5.56 Å². The first-order valence-corrected chi connectivity index (χ1v) is 4.36. The molecule has 1 aromatic carbocycles. The van der Waals surface area contributed by atoms with Crippen LogP contribution in [0.3, 0.4) is 0 Å². The van der Waals surface area contributed by atoms with E-state index < -0.39 is 12.0 Å². The van der Waals surface area contributed by atoms with E-state index in [1.807, 2.05) is 6.92 Å². The number of rotatable bonds is 4. The number of benzene rings is 1. The molecule has 4 nitrogen and oxygen atoms in total. The molecule has 0 aliphatic heterocycles. The second kappa shape index (κ2) is 4.62. The van der Waals surface area contributed by atoms with Gasteiger partial charge in [-0.1, -0.05) is 18.2 Å². The number of primary amides is 1. The summed E-state index contributed by atoms with van der Waals surface area (Å²) in [4.78, 5) is 10.8. The smallest absolute Gasteiger partial charge is 0.251 e. The predicted octanol–water partition coefficient (Wildman–Crippen LogP) is 0.604. The fraction of sp³-hybridized carbons (Fsp3) is 0.300. The molecule has 14 heavy (non-hydrogen) atoms. The van der Waals surface area contributed by atoms with Crippen molar-refractivity contribution in [2.45, 2.75) is 13.0 Å². The fourth-order valence-electron chi connectivity index (χ4n) is 1.15. The van der Waals surface area contributed by atoms with Crippen molar-refractivity contribution in [3.63, 3.8) is 0 Å². The highest BCUT2D eigenvalue weighted by atomic mass is 16.5. The summed E-state index contributed by atoms with van der Waals surface area (Å²) in [5.41, 5.74) is 5.39. The van der Waals surface area contributed by atoms with E-state index >= 15 is 0 Å². The van der Waals surface area contributed by atoms with E-state index in [4.69, 9.17) is 10.5 Å². The summed E-state index contributed by atoms with van der Waals surface area (Å²) in [5.74, 6) is -0.293. The van der Waals surface area contributed by atoms with Crippen molar-refractivity contribution in [3.8, 4) is 5.75 Å². The third kappa shape index (κ3) is 2.23. The molecule has 0 heterocycles. The molecule has 76 valence electrons. The number of aliphatic hydroxyl groups is 1. The number of amides is 1. The number of carbonyl (C=O) groups excluding carboxylic acids is 1. The quantitative estimate of drug-likeness (QED) is 0.739. The summed E-state index contributed by atoms with van der Waals surface area (Å²) < 4.78 is 5.24. The van der Waals surface area contributed by atoms with Crippen LogP contribution in [0, 0.1) is 0 Å². The van der Waals surface area contributed by atoms with Crippen LogP contribution in [-0.4, -0.2) is 17.6 Å².